The van der Waals surface area contributed by atoms with Crippen LogP contribution in [0.4, 0.5) is 5.13 Å². The molecule has 0 unspecified atom stereocenters. The molecule has 0 atom stereocenters. The summed E-state index contributed by atoms with van der Waals surface area (Å²) in [5, 5.41) is 12.4. The number of thiophene rings is 1. The first kappa shape index (κ1) is 16.1. The minimum absolute atomic E-state index is 0.214. The predicted molar refractivity (Wildman–Crippen MR) is 93.3 cm³/mol. The lowest BCUT2D eigenvalue weighted by molar-refractivity contribution is 0.103. The molecule has 0 aliphatic rings. The van der Waals surface area contributed by atoms with Gasteiger partial charge >= 0.3 is 0 Å². The van der Waals surface area contributed by atoms with Crippen molar-refractivity contribution in [1.29, 1.82) is 0 Å². The van der Waals surface area contributed by atoms with Crippen LogP contribution < -0.4 is 5.32 Å². The number of ether oxygens (including phenoxy) is 1. The molecular weight excluding hydrogens is 354 g/mol. The van der Waals surface area contributed by atoms with E-state index in [1.807, 2.05) is 30.3 Å². The summed E-state index contributed by atoms with van der Waals surface area (Å²) >= 11 is 8.86. The van der Waals surface area contributed by atoms with Crippen LogP contribution in [-0.4, -0.2) is 23.2 Å². The normalized spacial score (nSPS) is 10.7. The highest BCUT2D eigenvalue weighted by Crippen LogP contribution is 2.33. The maximum Gasteiger partial charge on any atom is 0.267 e. The molecule has 0 saturated heterocycles. The molecule has 8 heteroatoms. The van der Waals surface area contributed by atoms with Crippen LogP contribution in [0.15, 0.2) is 36.4 Å². The number of rotatable bonds is 5. The van der Waals surface area contributed by atoms with Crippen LogP contribution >= 0.6 is 34.3 Å². The van der Waals surface area contributed by atoms with Crippen molar-refractivity contribution in [3.8, 4) is 10.4 Å². The maximum absolute atomic E-state index is 12.3. The van der Waals surface area contributed by atoms with E-state index >= 15 is 0 Å². The average molecular weight is 366 g/mol. The number of carbonyl (C=O) groups is 1. The van der Waals surface area contributed by atoms with Gasteiger partial charge in [-0.2, -0.15) is 0 Å². The van der Waals surface area contributed by atoms with E-state index in [0.29, 0.717) is 26.6 Å². The second kappa shape index (κ2) is 7.18. The molecule has 2 aromatic heterocycles. The van der Waals surface area contributed by atoms with Crippen molar-refractivity contribution in [3.05, 3.63) is 51.3 Å². The van der Waals surface area contributed by atoms with Gasteiger partial charge in [-0.25, -0.2) is 0 Å². The summed E-state index contributed by atoms with van der Waals surface area (Å²) in [5.74, 6) is -0.214. The lowest BCUT2D eigenvalue weighted by atomic mass is 10.2. The largest absolute Gasteiger partial charge is 0.377 e. The minimum atomic E-state index is -0.214. The van der Waals surface area contributed by atoms with Gasteiger partial charge in [-0.15, -0.1) is 21.5 Å². The summed E-state index contributed by atoms with van der Waals surface area (Å²) < 4.78 is 4.98. The van der Waals surface area contributed by atoms with E-state index in [1.54, 1.807) is 13.2 Å². The van der Waals surface area contributed by atoms with Crippen LogP contribution in [-0.2, 0) is 11.3 Å². The molecule has 23 heavy (non-hydrogen) atoms. The van der Waals surface area contributed by atoms with Gasteiger partial charge in [0.15, 0.2) is 0 Å². The summed E-state index contributed by atoms with van der Waals surface area (Å²) in [4.78, 5) is 13.8. The highest BCUT2D eigenvalue weighted by Gasteiger charge is 2.14. The van der Waals surface area contributed by atoms with Gasteiger partial charge in [-0.1, -0.05) is 41.1 Å². The molecule has 3 aromatic rings. The van der Waals surface area contributed by atoms with Gasteiger partial charge in [0.05, 0.1) is 4.88 Å². The van der Waals surface area contributed by atoms with Crippen LogP contribution in [0, 0.1) is 0 Å². The lowest BCUT2D eigenvalue weighted by Crippen LogP contribution is -2.09. The van der Waals surface area contributed by atoms with Crippen molar-refractivity contribution >= 4 is 45.3 Å². The second-order valence-corrected chi connectivity index (χ2v) is 7.08. The molecule has 1 aromatic carbocycles. The number of anilines is 1. The van der Waals surface area contributed by atoms with Crippen molar-refractivity contribution in [1.82, 2.24) is 10.2 Å². The van der Waals surface area contributed by atoms with Crippen LogP contribution in [0.5, 0.6) is 0 Å². The number of halogens is 1. The molecule has 0 aliphatic heterocycles. The number of carbonyl (C=O) groups excluding carboxylic acids is 1. The van der Waals surface area contributed by atoms with Crippen LogP contribution in [0.25, 0.3) is 10.4 Å². The van der Waals surface area contributed by atoms with Gasteiger partial charge in [0.1, 0.15) is 11.6 Å². The zero-order valence-corrected chi connectivity index (χ0v) is 14.5. The lowest BCUT2D eigenvalue weighted by Gasteiger charge is -2.00. The van der Waals surface area contributed by atoms with Crippen molar-refractivity contribution in [2.45, 2.75) is 6.61 Å². The smallest absolute Gasteiger partial charge is 0.267 e. The summed E-state index contributed by atoms with van der Waals surface area (Å²) in [5.41, 5.74) is 0.913. The molecule has 5 nitrogen and oxygen atoms in total. The van der Waals surface area contributed by atoms with E-state index in [9.17, 15) is 4.79 Å². The SMILES string of the molecule is COCc1nnc(NC(=O)c2ccc(-c3ccccc3Cl)s2)s1. The molecule has 0 bridgehead atoms. The Labute approximate surface area is 145 Å². The molecule has 0 spiro atoms. The molecule has 2 heterocycles. The fourth-order valence-electron chi connectivity index (χ4n) is 1.91. The Morgan fingerprint density at radius 3 is 2.83 bits per heavy atom. The Morgan fingerprint density at radius 1 is 1.22 bits per heavy atom. The van der Waals surface area contributed by atoms with Crippen LogP contribution in [0.2, 0.25) is 5.02 Å². The Hall–Kier alpha value is -1.80. The Kier molecular flexibility index (Phi) is 5.02. The number of amides is 1. The van der Waals surface area contributed by atoms with E-state index in [1.165, 1.54) is 22.7 Å². The third-order valence-corrected chi connectivity index (χ3v) is 5.18. The molecule has 3 rings (SSSR count). The first-order valence-electron chi connectivity index (χ1n) is 6.65. The summed E-state index contributed by atoms with van der Waals surface area (Å²) in [6.45, 7) is 0.378. The number of nitrogens with zero attached hydrogens (tertiary/aromatic N) is 2. The number of hydrogen-bond donors (Lipinski definition) is 1. The Bertz CT molecular complexity index is 832. The molecule has 0 saturated carbocycles. The number of hydrogen-bond acceptors (Lipinski definition) is 6. The highest BCUT2D eigenvalue weighted by atomic mass is 35.5. The average Bonchev–Trinajstić information content (AvgIpc) is 3.18. The van der Waals surface area contributed by atoms with E-state index in [4.69, 9.17) is 16.3 Å². The summed E-state index contributed by atoms with van der Waals surface area (Å²) in [6.07, 6.45) is 0. The van der Waals surface area contributed by atoms with Crippen molar-refractivity contribution in [2.24, 2.45) is 0 Å². The van der Waals surface area contributed by atoms with Gasteiger partial charge in [0.2, 0.25) is 5.13 Å². The molecule has 118 valence electrons. The highest BCUT2D eigenvalue weighted by molar-refractivity contribution is 7.18. The number of methoxy groups -OCH3 is 1. The van der Waals surface area contributed by atoms with Crippen molar-refractivity contribution in [2.75, 3.05) is 12.4 Å². The van der Waals surface area contributed by atoms with Gasteiger partial charge in [-0.3, -0.25) is 10.1 Å². The van der Waals surface area contributed by atoms with E-state index in [-0.39, 0.29) is 5.91 Å². The molecule has 1 N–H and O–H groups in total. The number of nitrogens with one attached hydrogen (secondary N) is 1. The third kappa shape index (κ3) is 3.76. The summed E-state index contributed by atoms with van der Waals surface area (Å²) in [7, 11) is 1.58. The van der Waals surface area contributed by atoms with Crippen molar-refractivity contribution < 1.29 is 9.53 Å². The number of benzene rings is 1. The molecular formula is C15H12ClN3O2S2. The van der Waals surface area contributed by atoms with Crippen LogP contribution in [0.1, 0.15) is 14.7 Å². The van der Waals surface area contributed by atoms with Gasteiger partial charge in [0.25, 0.3) is 5.91 Å². The molecule has 0 aliphatic carbocycles. The standard InChI is InChI=1S/C15H12ClN3O2S2/c1-21-8-13-18-19-15(23-13)17-14(20)12-7-6-11(22-12)9-4-2-3-5-10(9)16/h2-7H,8H2,1H3,(H,17,19,20). The van der Waals surface area contributed by atoms with Crippen LogP contribution in [0.3, 0.4) is 0 Å². The van der Waals surface area contributed by atoms with E-state index in [0.717, 1.165) is 10.4 Å². The van der Waals surface area contributed by atoms with E-state index in [2.05, 4.69) is 15.5 Å². The fourth-order valence-corrected chi connectivity index (χ4v) is 3.85. The first-order valence-corrected chi connectivity index (χ1v) is 8.66. The zero-order chi connectivity index (χ0) is 16.2. The first-order chi connectivity index (χ1) is 11.2. The Balaban J connectivity index is 1.74. The Morgan fingerprint density at radius 2 is 2.04 bits per heavy atom. The molecule has 1 amide bonds. The minimum Gasteiger partial charge on any atom is -0.377 e. The van der Waals surface area contributed by atoms with Gasteiger partial charge in [-0.05, 0) is 18.2 Å². The van der Waals surface area contributed by atoms with E-state index < -0.39 is 0 Å². The molecule has 0 fully saturated rings. The summed E-state index contributed by atoms with van der Waals surface area (Å²) in [6, 6.07) is 11.2. The maximum atomic E-state index is 12.3. The number of aromatic nitrogens is 2. The topological polar surface area (TPSA) is 64.1 Å². The van der Waals surface area contributed by atoms with Crippen molar-refractivity contribution in [3.63, 3.8) is 0 Å². The quantitative estimate of drug-likeness (QED) is 0.731. The fraction of sp³-hybridized carbons (Fsp3) is 0.133. The predicted octanol–water partition coefficient (Wildman–Crippen LogP) is 4.32. The molecule has 0 radical (unpaired) electrons. The third-order valence-electron chi connectivity index (χ3n) is 2.92. The van der Waals surface area contributed by atoms with Gasteiger partial charge < -0.3 is 4.74 Å². The monoisotopic (exact) mass is 365 g/mol. The van der Waals surface area contributed by atoms with Gasteiger partial charge in [0, 0.05) is 22.6 Å². The second-order valence-electron chi connectivity index (χ2n) is 4.53. The zero-order valence-electron chi connectivity index (χ0n) is 12.1.